The lowest BCUT2D eigenvalue weighted by atomic mass is 10.1. The third-order valence-electron chi connectivity index (χ3n) is 2.27. The Morgan fingerprint density at radius 2 is 2.12 bits per heavy atom. The number of anilines is 1. The fraction of sp³-hybridized carbons (Fsp3) is 0.167. The summed E-state index contributed by atoms with van der Waals surface area (Å²) in [5.41, 5.74) is 1.56. The molecule has 0 spiro atoms. The number of aromatic nitrogens is 1. The summed E-state index contributed by atoms with van der Waals surface area (Å²) in [5, 5.41) is 15.2. The lowest BCUT2D eigenvalue weighted by Gasteiger charge is -2.05. The van der Waals surface area contributed by atoms with E-state index in [4.69, 9.17) is 9.63 Å². The van der Waals surface area contributed by atoms with Crippen molar-refractivity contribution < 1.29 is 14.4 Å². The predicted molar refractivity (Wildman–Crippen MR) is 62.2 cm³/mol. The number of carbonyl (C=O) groups is 1. The average molecular weight is 232 g/mol. The summed E-state index contributed by atoms with van der Waals surface area (Å²) in [6, 6.07) is 9.41. The quantitative estimate of drug-likeness (QED) is 0.843. The summed E-state index contributed by atoms with van der Waals surface area (Å²) >= 11 is 0. The van der Waals surface area contributed by atoms with E-state index in [9.17, 15) is 4.79 Å². The van der Waals surface area contributed by atoms with Crippen molar-refractivity contribution in [2.24, 2.45) is 0 Å². The van der Waals surface area contributed by atoms with E-state index in [0.29, 0.717) is 5.56 Å². The molecule has 0 aliphatic heterocycles. The highest BCUT2D eigenvalue weighted by atomic mass is 16.5. The van der Waals surface area contributed by atoms with Crippen LogP contribution in [0.25, 0.3) is 11.1 Å². The Hall–Kier alpha value is -2.14. The summed E-state index contributed by atoms with van der Waals surface area (Å²) < 4.78 is 4.95. The number of hydrogen-bond acceptors (Lipinski definition) is 4. The second-order valence-electron chi connectivity index (χ2n) is 3.60. The van der Waals surface area contributed by atoms with Crippen LogP contribution in [0.3, 0.4) is 0 Å². The van der Waals surface area contributed by atoms with Crippen molar-refractivity contribution in [1.82, 2.24) is 5.16 Å². The van der Waals surface area contributed by atoms with Gasteiger partial charge in [-0.3, -0.25) is 10.1 Å². The van der Waals surface area contributed by atoms with E-state index in [-0.39, 0.29) is 5.88 Å². The van der Waals surface area contributed by atoms with Gasteiger partial charge in [-0.2, -0.15) is 0 Å². The normalized spacial score (nSPS) is 12.1. The van der Waals surface area contributed by atoms with Gasteiger partial charge >= 0.3 is 0 Å². The molecule has 5 heteroatoms. The molecular weight excluding hydrogens is 220 g/mol. The highest BCUT2D eigenvalue weighted by Crippen LogP contribution is 2.27. The fourth-order valence-corrected chi connectivity index (χ4v) is 1.37. The lowest BCUT2D eigenvalue weighted by molar-refractivity contribution is -0.123. The molecule has 0 radical (unpaired) electrons. The van der Waals surface area contributed by atoms with Gasteiger partial charge in [0, 0.05) is 0 Å². The minimum Gasteiger partial charge on any atom is -0.384 e. The number of carbonyl (C=O) groups excluding carboxylic acids is 1. The van der Waals surface area contributed by atoms with Gasteiger partial charge < -0.3 is 9.63 Å². The second kappa shape index (κ2) is 4.80. The van der Waals surface area contributed by atoms with Crippen LogP contribution in [-0.4, -0.2) is 22.3 Å². The van der Waals surface area contributed by atoms with Gasteiger partial charge in [0.2, 0.25) is 5.88 Å². The van der Waals surface area contributed by atoms with Gasteiger partial charge in [0.1, 0.15) is 6.10 Å². The molecule has 2 N–H and O–H groups in total. The Balaban J connectivity index is 2.27. The highest BCUT2D eigenvalue weighted by molar-refractivity contribution is 5.95. The number of hydrogen-bond donors (Lipinski definition) is 2. The van der Waals surface area contributed by atoms with E-state index >= 15 is 0 Å². The molecule has 0 aliphatic rings. The Morgan fingerprint density at radius 1 is 1.41 bits per heavy atom. The maximum Gasteiger partial charge on any atom is 0.255 e. The minimum absolute atomic E-state index is 0.238. The summed E-state index contributed by atoms with van der Waals surface area (Å²) in [6.45, 7) is 1.38. The van der Waals surface area contributed by atoms with E-state index in [2.05, 4.69) is 10.5 Å². The molecule has 0 saturated carbocycles. The second-order valence-corrected chi connectivity index (χ2v) is 3.60. The van der Waals surface area contributed by atoms with Crippen molar-refractivity contribution in [3.05, 3.63) is 36.5 Å². The van der Waals surface area contributed by atoms with Crippen molar-refractivity contribution in [1.29, 1.82) is 0 Å². The Labute approximate surface area is 98.1 Å². The molecule has 88 valence electrons. The molecule has 17 heavy (non-hydrogen) atoms. The fourth-order valence-electron chi connectivity index (χ4n) is 1.37. The van der Waals surface area contributed by atoms with E-state index in [1.165, 1.54) is 13.1 Å². The molecule has 1 unspecified atom stereocenters. The van der Waals surface area contributed by atoms with Crippen molar-refractivity contribution in [3.8, 4) is 11.1 Å². The number of aliphatic hydroxyl groups excluding tert-OH is 1. The molecule has 0 saturated heterocycles. The summed E-state index contributed by atoms with van der Waals surface area (Å²) in [7, 11) is 0. The number of rotatable bonds is 3. The third-order valence-corrected chi connectivity index (χ3v) is 2.27. The van der Waals surface area contributed by atoms with E-state index in [0.717, 1.165) is 5.56 Å². The van der Waals surface area contributed by atoms with Crippen molar-refractivity contribution in [2.75, 3.05) is 5.32 Å². The first-order valence-electron chi connectivity index (χ1n) is 5.17. The van der Waals surface area contributed by atoms with E-state index in [1.54, 1.807) is 0 Å². The molecule has 0 aliphatic carbocycles. The zero-order chi connectivity index (χ0) is 12.3. The van der Waals surface area contributed by atoms with Crippen LogP contribution in [0.5, 0.6) is 0 Å². The monoisotopic (exact) mass is 232 g/mol. The standard InChI is InChI=1S/C12H12N2O3/c1-8(15)11(16)14-12-10(7-13-17-12)9-5-3-2-4-6-9/h2-8,15H,1H3,(H,14,16). The molecule has 1 amide bonds. The van der Waals surface area contributed by atoms with Crippen molar-refractivity contribution in [3.63, 3.8) is 0 Å². The molecule has 1 aromatic heterocycles. The van der Waals surface area contributed by atoms with E-state index < -0.39 is 12.0 Å². The molecule has 5 nitrogen and oxygen atoms in total. The van der Waals surface area contributed by atoms with Gasteiger partial charge in [0.05, 0.1) is 11.8 Å². The smallest absolute Gasteiger partial charge is 0.255 e. The molecular formula is C12H12N2O3. The van der Waals surface area contributed by atoms with Crippen LogP contribution in [0.2, 0.25) is 0 Å². The zero-order valence-corrected chi connectivity index (χ0v) is 9.25. The number of nitrogens with zero attached hydrogens (tertiary/aromatic N) is 1. The molecule has 2 aromatic rings. The van der Waals surface area contributed by atoms with Gasteiger partial charge in [-0.15, -0.1) is 0 Å². The Kier molecular flexibility index (Phi) is 3.20. The third kappa shape index (κ3) is 2.51. The van der Waals surface area contributed by atoms with Crippen LogP contribution in [0, 0.1) is 0 Å². The number of nitrogens with one attached hydrogen (secondary N) is 1. The summed E-state index contributed by atoms with van der Waals surface area (Å²) in [4.78, 5) is 11.3. The van der Waals surface area contributed by atoms with Gasteiger partial charge in [0.15, 0.2) is 0 Å². The Bertz CT molecular complexity index is 505. The van der Waals surface area contributed by atoms with Crippen LogP contribution in [0.15, 0.2) is 41.1 Å². The number of amides is 1. The average Bonchev–Trinajstić information content (AvgIpc) is 2.78. The van der Waals surface area contributed by atoms with Gasteiger partial charge in [-0.1, -0.05) is 35.5 Å². The lowest BCUT2D eigenvalue weighted by Crippen LogP contribution is -2.24. The molecule has 2 rings (SSSR count). The largest absolute Gasteiger partial charge is 0.384 e. The summed E-state index contributed by atoms with van der Waals surface area (Å²) in [6.07, 6.45) is 0.427. The first kappa shape index (κ1) is 11.3. The van der Waals surface area contributed by atoms with Crippen LogP contribution in [-0.2, 0) is 4.79 Å². The summed E-state index contributed by atoms with van der Waals surface area (Å²) in [5.74, 6) is -0.291. The SMILES string of the molecule is CC(O)C(=O)Nc1oncc1-c1ccccc1. The first-order valence-corrected chi connectivity index (χ1v) is 5.17. The first-order chi connectivity index (χ1) is 8.18. The van der Waals surface area contributed by atoms with Crippen LogP contribution < -0.4 is 5.32 Å². The van der Waals surface area contributed by atoms with Crippen LogP contribution in [0.4, 0.5) is 5.88 Å². The highest BCUT2D eigenvalue weighted by Gasteiger charge is 2.15. The van der Waals surface area contributed by atoms with Crippen LogP contribution >= 0.6 is 0 Å². The topological polar surface area (TPSA) is 75.4 Å². The molecule has 1 heterocycles. The molecule has 1 aromatic carbocycles. The predicted octanol–water partition coefficient (Wildman–Crippen LogP) is 1.66. The molecule has 0 bridgehead atoms. The van der Waals surface area contributed by atoms with Gasteiger partial charge in [0.25, 0.3) is 5.91 Å². The van der Waals surface area contributed by atoms with Crippen LogP contribution in [0.1, 0.15) is 6.92 Å². The van der Waals surface area contributed by atoms with Gasteiger partial charge in [-0.25, -0.2) is 0 Å². The molecule has 1 atom stereocenters. The van der Waals surface area contributed by atoms with E-state index in [1.807, 2.05) is 30.3 Å². The minimum atomic E-state index is -1.09. The van der Waals surface area contributed by atoms with Crippen molar-refractivity contribution >= 4 is 11.8 Å². The Morgan fingerprint density at radius 3 is 2.76 bits per heavy atom. The number of benzene rings is 1. The zero-order valence-electron chi connectivity index (χ0n) is 9.25. The van der Waals surface area contributed by atoms with Crippen molar-refractivity contribution in [2.45, 2.75) is 13.0 Å². The van der Waals surface area contributed by atoms with Gasteiger partial charge in [-0.05, 0) is 12.5 Å². The molecule has 0 fully saturated rings. The maximum absolute atomic E-state index is 11.3. The maximum atomic E-state index is 11.3. The number of aliphatic hydroxyl groups is 1.